The standard InChI is InChI=1S/C11H14FNO5S/c1-11(2,3)17-10(14)8-5-4-7(6-9(8)13)18-19(12,15)16/h4-6H,13H2,1-3H3. The van der Waals surface area contributed by atoms with E-state index in [9.17, 15) is 17.1 Å². The lowest BCUT2D eigenvalue weighted by atomic mass is 10.1. The van der Waals surface area contributed by atoms with Crippen LogP contribution in [0.5, 0.6) is 5.75 Å². The second-order valence-corrected chi connectivity index (χ2v) is 5.68. The van der Waals surface area contributed by atoms with Crippen molar-refractivity contribution in [3.8, 4) is 5.75 Å². The summed E-state index contributed by atoms with van der Waals surface area (Å²) in [7, 11) is -5.13. The van der Waals surface area contributed by atoms with Crippen molar-refractivity contribution < 1.29 is 26.0 Å². The van der Waals surface area contributed by atoms with Crippen LogP contribution in [-0.2, 0) is 15.2 Å². The predicted octanol–water partition coefficient (Wildman–Crippen LogP) is 1.82. The van der Waals surface area contributed by atoms with Crippen LogP contribution in [0.1, 0.15) is 31.1 Å². The monoisotopic (exact) mass is 291 g/mol. The van der Waals surface area contributed by atoms with E-state index in [0.717, 1.165) is 12.1 Å². The summed E-state index contributed by atoms with van der Waals surface area (Å²) in [5, 5.41) is 0. The average Bonchev–Trinajstić information content (AvgIpc) is 2.11. The third-order valence-corrected chi connectivity index (χ3v) is 2.23. The zero-order chi connectivity index (χ0) is 14.8. The van der Waals surface area contributed by atoms with Gasteiger partial charge in [-0.15, -0.1) is 0 Å². The highest BCUT2D eigenvalue weighted by Gasteiger charge is 2.20. The van der Waals surface area contributed by atoms with Gasteiger partial charge in [0.2, 0.25) is 0 Å². The van der Waals surface area contributed by atoms with Gasteiger partial charge in [-0.25, -0.2) is 4.79 Å². The summed E-state index contributed by atoms with van der Waals surface area (Å²) in [5.74, 6) is -0.994. The fourth-order valence-corrected chi connectivity index (χ4v) is 1.56. The number of benzene rings is 1. The zero-order valence-electron chi connectivity index (χ0n) is 10.6. The molecule has 1 rings (SSSR count). The lowest BCUT2D eigenvalue weighted by Crippen LogP contribution is -2.24. The molecular weight excluding hydrogens is 277 g/mol. The number of nitrogen functional groups attached to an aromatic ring is 1. The molecule has 6 nitrogen and oxygen atoms in total. The molecule has 19 heavy (non-hydrogen) atoms. The highest BCUT2D eigenvalue weighted by molar-refractivity contribution is 7.81. The zero-order valence-corrected chi connectivity index (χ0v) is 11.5. The van der Waals surface area contributed by atoms with Gasteiger partial charge in [0.25, 0.3) is 0 Å². The number of carbonyl (C=O) groups excluding carboxylic acids is 1. The van der Waals surface area contributed by atoms with Crippen molar-refractivity contribution in [3.05, 3.63) is 23.8 Å². The summed E-state index contributed by atoms with van der Waals surface area (Å²) < 4.78 is 42.0. The number of carbonyl (C=O) groups is 1. The summed E-state index contributed by atoms with van der Waals surface area (Å²) in [6.07, 6.45) is 0. The first-order valence-corrected chi connectivity index (χ1v) is 6.56. The number of hydrogen-bond acceptors (Lipinski definition) is 6. The maximum atomic E-state index is 12.3. The molecule has 0 fully saturated rings. The van der Waals surface area contributed by atoms with Crippen molar-refractivity contribution in [2.24, 2.45) is 0 Å². The Balaban J connectivity index is 2.98. The van der Waals surface area contributed by atoms with Gasteiger partial charge in [-0.1, -0.05) is 3.89 Å². The molecule has 0 bridgehead atoms. The second-order valence-electron chi connectivity index (χ2n) is 4.73. The molecule has 1 aromatic rings. The van der Waals surface area contributed by atoms with E-state index in [1.54, 1.807) is 20.8 Å². The Bertz CT molecular complexity index is 592. The van der Waals surface area contributed by atoms with Gasteiger partial charge in [0.1, 0.15) is 11.4 Å². The smallest absolute Gasteiger partial charge is 0.456 e. The van der Waals surface area contributed by atoms with Gasteiger partial charge in [0, 0.05) is 11.8 Å². The molecule has 0 saturated carbocycles. The van der Waals surface area contributed by atoms with E-state index in [0.29, 0.717) is 0 Å². The van der Waals surface area contributed by atoms with Crippen molar-refractivity contribution >= 4 is 22.2 Å². The van der Waals surface area contributed by atoms with Gasteiger partial charge in [-0.2, -0.15) is 8.42 Å². The minimum Gasteiger partial charge on any atom is -0.456 e. The summed E-state index contributed by atoms with van der Waals surface area (Å²) in [4.78, 5) is 11.7. The molecule has 0 aliphatic heterocycles. The number of rotatable bonds is 3. The van der Waals surface area contributed by atoms with Crippen LogP contribution in [-0.4, -0.2) is 20.0 Å². The first kappa shape index (κ1) is 15.2. The molecule has 0 spiro atoms. The van der Waals surface area contributed by atoms with Gasteiger partial charge in [-0.05, 0) is 32.9 Å². The topological polar surface area (TPSA) is 95.7 Å². The summed E-state index contributed by atoms with van der Waals surface area (Å²) in [6.45, 7) is 5.07. The van der Waals surface area contributed by atoms with Crippen molar-refractivity contribution in [2.75, 3.05) is 5.73 Å². The van der Waals surface area contributed by atoms with Crippen molar-refractivity contribution in [1.29, 1.82) is 0 Å². The van der Waals surface area contributed by atoms with Crippen molar-refractivity contribution in [2.45, 2.75) is 26.4 Å². The van der Waals surface area contributed by atoms with Gasteiger partial charge < -0.3 is 14.7 Å². The lowest BCUT2D eigenvalue weighted by molar-refractivity contribution is 0.00708. The van der Waals surface area contributed by atoms with Crippen LogP contribution in [0, 0.1) is 0 Å². The van der Waals surface area contributed by atoms with Crippen LogP contribution < -0.4 is 9.92 Å². The highest BCUT2D eigenvalue weighted by atomic mass is 32.3. The molecular formula is C11H14FNO5S. The highest BCUT2D eigenvalue weighted by Crippen LogP contribution is 2.23. The first-order chi connectivity index (χ1) is 8.48. The van der Waals surface area contributed by atoms with Crippen LogP contribution >= 0.6 is 0 Å². The van der Waals surface area contributed by atoms with E-state index in [2.05, 4.69) is 4.18 Å². The molecule has 1 aromatic carbocycles. The van der Waals surface area contributed by atoms with Crippen LogP contribution in [0.15, 0.2) is 18.2 Å². The molecule has 0 heterocycles. The Morgan fingerprint density at radius 2 is 1.89 bits per heavy atom. The van der Waals surface area contributed by atoms with Gasteiger partial charge in [0.15, 0.2) is 0 Å². The first-order valence-electron chi connectivity index (χ1n) is 5.25. The molecule has 0 aliphatic carbocycles. The molecule has 0 atom stereocenters. The molecule has 0 aliphatic rings. The van der Waals surface area contributed by atoms with E-state index in [1.165, 1.54) is 6.07 Å². The second kappa shape index (κ2) is 5.04. The third-order valence-electron chi connectivity index (χ3n) is 1.84. The normalized spacial score (nSPS) is 12.0. The Morgan fingerprint density at radius 3 is 2.32 bits per heavy atom. The maximum absolute atomic E-state index is 12.3. The minimum atomic E-state index is -5.13. The Labute approximate surface area is 110 Å². The van der Waals surface area contributed by atoms with E-state index >= 15 is 0 Å². The lowest BCUT2D eigenvalue weighted by Gasteiger charge is -2.20. The quantitative estimate of drug-likeness (QED) is 0.518. The third kappa shape index (κ3) is 5.12. The van der Waals surface area contributed by atoms with Gasteiger partial charge in [0.05, 0.1) is 5.56 Å². The predicted molar refractivity (Wildman–Crippen MR) is 66.7 cm³/mol. The number of halogens is 1. The van der Waals surface area contributed by atoms with E-state index < -0.39 is 22.1 Å². The van der Waals surface area contributed by atoms with E-state index in [1.807, 2.05) is 0 Å². The Morgan fingerprint density at radius 1 is 1.32 bits per heavy atom. The average molecular weight is 291 g/mol. The molecule has 0 amide bonds. The van der Waals surface area contributed by atoms with E-state index in [-0.39, 0.29) is 17.0 Å². The van der Waals surface area contributed by atoms with Crippen LogP contribution in [0.25, 0.3) is 0 Å². The number of ether oxygens (including phenoxy) is 1. The largest absolute Gasteiger partial charge is 0.488 e. The summed E-state index contributed by atoms with van der Waals surface area (Å²) in [5.41, 5.74) is 4.84. The van der Waals surface area contributed by atoms with Crippen molar-refractivity contribution in [3.63, 3.8) is 0 Å². The molecule has 106 valence electrons. The minimum absolute atomic E-state index is 0.0403. The van der Waals surface area contributed by atoms with Crippen LogP contribution in [0.2, 0.25) is 0 Å². The molecule has 0 aromatic heterocycles. The van der Waals surface area contributed by atoms with Crippen molar-refractivity contribution in [1.82, 2.24) is 0 Å². The van der Waals surface area contributed by atoms with E-state index in [4.69, 9.17) is 10.5 Å². The van der Waals surface area contributed by atoms with Gasteiger partial charge in [-0.3, -0.25) is 0 Å². The molecule has 0 radical (unpaired) electrons. The Hall–Kier alpha value is -1.83. The van der Waals surface area contributed by atoms with Crippen LogP contribution in [0.4, 0.5) is 9.57 Å². The van der Waals surface area contributed by atoms with Gasteiger partial charge >= 0.3 is 16.5 Å². The number of hydrogen-bond donors (Lipinski definition) is 1. The number of anilines is 1. The fraction of sp³-hybridized carbons (Fsp3) is 0.364. The van der Waals surface area contributed by atoms with Crippen LogP contribution in [0.3, 0.4) is 0 Å². The summed E-state index contributed by atoms with van der Waals surface area (Å²) >= 11 is 0. The summed E-state index contributed by atoms with van der Waals surface area (Å²) in [6, 6.07) is 3.33. The number of esters is 1. The fourth-order valence-electron chi connectivity index (χ4n) is 1.23. The molecule has 2 N–H and O–H groups in total. The molecule has 0 unspecified atom stereocenters. The molecule has 0 saturated heterocycles. The Kier molecular flexibility index (Phi) is 4.04. The number of nitrogens with two attached hydrogens (primary N) is 1. The molecule has 8 heteroatoms. The maximum Gasteiger partial charge on any atom is 0.488 e. The SMILES string of the molecule is CC(C)(C)OC(=O)c1ccc(OS(=O)(=O)F)cc1N.